The summed E-state index contributed by atoms with van der Waals surface area (Å²) in [5.74, 6) is 0.922. The summed E-state index contributed by atoms with van der Waals surface area (Å²) in [4.78, 5) is 12.0. The topological polar surface area (TPSA) is 83.1 Å². The van der Waals surface area contributed by atoms with E-state index in [0.29, 0.717) is 12.4 Å². The number of carbonyl (C=O) groups is 1. The molecule has 8 heteroatoms. The number of amides is 1. The summed E-state index contributed by atoms with van der Waals surface area (Å²) < 4.78 is 32.7. The number of allylic oxidation sites excluding steroid dienone is 2. The van der Waals surface area contributed by atoms with Crippen molar-refractivity contribution in [2.24, 2.45) is 17.3 Å². The predicted octanol–water partition coefficient (Wildman–Crippen LogP) is 3.53. The van der Waals surface area contributed by atoms with Crippen molar-refractivity contribution < 1.29 is 26.8 Å². The minimum absolute atomic E-state index is 0.00858. The third kappa shape index (κ3) is 5.09. The van der Waals surface area contributed by atoms with Crippen LogP contribution in [0, 0.1) is 17.3 Å². The fourth-order valence-electron chi connectivity index (χ4n) is 5.57. The van der Waals surface area contributed by atoms with Crippen LogP contribution < -0.4 is 5.32 Å². The largest absolute Gasteiger partial charge is 0.491 e. The molecule has 0 bridgehead atoms. The fraction of sp³-hybridized carbons (Fsp3) is 0.625. The lowest BCUT2D eigenvalue weighted by atomic mass is 9.52. The van der Waals surface area contributed by atoms with Crippen molar-refractivity contribution in [3.8, 4) is 0 Å². The van der Waals surface area contributed by atoms with Crippen molar-refractivity contribution in [2.75, 3.05) is 27.4 Å². The van der Waals surface area contributed by atoms with Gasteiger partial charge in [0.05, 0.1) is 19.3 Å². The van der Waals surface area contributed by atoms with Gasteiger partial charge in [0.2, 0.25) is 5.91 Å². The zero-order valence-electron chi connectivity index (χ0n) is 19.3. The monoisotopic (exact) mass is 465 g/mol. The SMILES string of the molecule is C=C1OC[C@H](NC(=O)COC)/C1=C\C[C@@H]1C(=C)CC[C@@H]2C(=C)[C@H](OS(=O)OC)CC[C@@]12C. The van der Waals surface area contributed by atoms with Crippen LogP contribution in [-0.2, 0) is 34.0 Å². The van der Waals surface area contributed by atoms with Crippen LogP contribution in [0.25, 0.3) is 0 Å². The van der Waals surface area contributed by atoms with Gasteiger partial charge in [-0.05, 0) is 54.9 Å². The van der Waals surface area contributed by atoms with Gasteiger partial charge in [-0.2, -0.15) is 4.21 Å². The van der Waals surface area contributed by atoms with E-state index in [4.69, 9.17) is 17.8 Å². The molecule has 2 aliphatic carbocycles. The first kappa shape index (κ1) is 24.9. The highest BCUT2D eigenvalue weighted by Crippen LogP contribution is 2.58. The van der Waals surface area contributed by atoms with Crippen LogP contribution in [0.4, 0.5) is 0 Å². The molecule has 0 aromatic carbocycles. The summed E-state index contributed by atoms with van der Waals surface area (Å²) >= 11 is -1.76. The standard InChI is InChI=1S/C24H35NO6S/c1-15-7-9-20-16(2)22(31-32(27)29-6)11-12-24(20,4)19(15)10-8-18-17(3)30-13-21(18)25-23(26)14-28-5/h8,19-22H,1-3,7,9-14H2,4-6H3,(H,25,26)/b18-8-/t19-,20-,21+,22-,24+,32?/m1/s1. The lowest BCUT2D eigenvalue weighted by molar-refractivity contribution is -0.125. The van der Waals surface area contributed by atoms with Crippen molar-refractivity contribution in [1.29, 1.82) is 0 Å². The van der Waals surface area contributed by atoms with Crippen LogP contribution in [0.2, 0.25) is 0 Å². The summed E-state index contributed by atoms with van der Waals surface area (Å²) in [6.07, 6.45) is 6.20. The molecule has 0 aromatic heterocycles. The maximum absolute atomic E-state index is 12.0. The number of rotatable bonds is 8. The summed E-state index contributed by atoms with van der Waals surface area (Å²) in [6.45, 7) is 15.4. The molecule has 1 unspecified atom stereocenters. The molecule has 6 atom stereocenters. The molecule has 1 aliphatic heterocycles. The van der Waals surface area contributed by atoms with Gasteiger partial charge in [-0.25, -0.2) is 0 Å². The lowest BCUT2D eigenvalue weighted by Crippen LogP contribution is -2.47. The first-order valence-electron chi connectivity index (χ1n) is 11.0. The predicted molar refractivity (Wildman–Crippen MR) is 123 cm³/mol. The zero-order valence-corrected chi connectivity index (χ0v) is 20.1. The van der Waals surface area contributed by atoms with Gasteiger partial charge in [-0.15, -0.1) is 0 Å². The van der Waals surface area contributed by atoms with Crippen molar-refractivity contribution >= 4 is 17.3 Å². The van der Waals surface area contributed by atoms with E-state index in [9.17, 15) is 9.00 Å². The molecule has 7 nitrogen and oxygen atoms in total. The number of fused-ring (bicyclic) bond motifs is 1. The van der Waals surface area contributed by atoms with Crippen LogP contribution in [-0.4, -0.2) is 49.7 Å². The van der Waals surface area contributed by atoms with E-state index in [-0.39, 0.29) is 41.9 Å². The summed E-state index contributed by atoms with van der Waals surface area (Å²) in [6, 6.07) is -0.228. The first-order valence-corrected chi connectivity index (χ1v) is 12.0. The maximum atomic E-state index is 12.0. The Bertz CT molecular complexity index is 836. The van der Waals surface area contributed by atoms with Gasteiger partial charge in [-0.1, -0.05) is 38.3 Å². The highest BCUT2D eigenvalue weighted by molar-refractivity contribution is 7.75. The molecule has 0 radical (unpaired) electrons. The molecule has 0 aromatic rings. The Morgan fingerprint density at radius 3 is 2.75 bits per heavy atom. The van der Waals surface area contributed by atoms with Crippen LogP contribution in [0.15, 0.2) is 48.3 Å². The molecular weight excluding hydrogens is 430 g/mol. The third-order valence-electron chi connectivity index (χ3n) is 7.28. The molecule has 3 rings (SSSR count). The zero-order chi connectivity index (χ0) is 23.5. The number of hydrogen-bond donors (Lipinski definition) is 1. The van der Waals surface area contributed by atoms with Gasteiger partial charge in [0.25, 0.3) is 0 Å². The molecule has 1 heterocycles. The Kier molecular flexibility index (Phi) is 8.14. The molecule has 0 spiro atoms. The fourth-order valence-corrected chi connectivity index (χ4v) is 6.06. The summed E-state index contributed by atoms with van der Waals surface area (Å²) in [5, 5.41) is 2.95. The summed E-state index contributed by atoms with van der Waals surface area (Å²) in [5.41, 5.74) is 3.12. The Morgan fingerprint density at radius 1 is 1.31 bits per heavy atom. The third-order valence-corrected chi connectivity index (χ3v) is 7.94. The molecule has 32 heavy (non-hydrogen) atoms. The molecule has 1 amide bonds. The Labute approximate surface area is 193 Å². The lowest BCUT2D eigenvalue weighted by Gasteiger charge is -2.53. The molecule has 3 fully saturated rings. The quantitative estimate of drug-likeness (QED) is 0.552. The van der Waals surface area contributed by atoms with E-state index in [1.807, 2.05) is 0 Å². The number of hydrogen-bond acceptors (Lipinski definition) is 6. The van der Waals surface area contributed by atoms with E-state index in [0.717, 1.165) is 43.3 Å². The number of ether oxygens (including phenoxy) is 2. The van der Waals surface area contributed by atoms with E-state index < -0.39 is 11.4 Å². The molecule has 178 valence electrons. The van der Waals surface area contributed by atoms with Crippen molar-refractivity contribution in [1.82, 2.24) is 5.32 Å². The van der Waals surface area contributed by atoms with Crippen LogP contribution in [0.3, 0.4) is 0 Å². The van der Waals surface area contributed by atoms with E-state index in [1.165, 1.54) is 19.8 Å². The van der Waals surface area contributed by atoms with Crippen LogP contribution in [0.1, 0.15) is 39.0 Å². The van der Waals surface area contributed by atoms with Crippen molar-refractivity contribution in [2.45, 2.75) is 51.2 Å². The highest BCUT2D eigenvalue weighted by atomic mass is 32.2. The minimum Gasteiger partial charge on any atom is -0.491 e. The van der Waals surface area contributed by atoms with Crippen LogP contribution >= 0.6 is 0 Å². The number of nitrogens with one attached hydrogen (secondary N) is 1. The van der Waals surface area contributed by atoms with E-state index in [2.05, 4.69) is 38.1 Å². The molecule has 3 aliphatic rings. The normalized spacial score (nSPS) is 34.8. The maximum Gasteiger partial charge on any atom is 0.304 e. The van der Waals surface area contributed by atoms with Crippen LogP contribution in [0.5, 0.6) is 0 Å². The molecule has 1 N–H and O–H groups in total. The smallest absolute Gasteiger partial charge is 0.304 e. The van der Waals surface area contributed by atoms with E-state index in [1.54, 1.807) is 0 Å². The molecular formula is C24H35NO6S. The average Bonchev–Trinajstić information content (AvgIpc) is 3.09. The molecule has 2 saturated carbocycles. The average molecular weight is 466 g/mol. The van der Waals surface area contributed by atoms with Gasteiger partial charge in [0, 0.05) is 12.7 Å². The van der Waals surface area contributed by atoms with Gasteiger partial charge >= 0.3 is 11.4 Å². The van der Waals surface area contributed by atoms with Gasteiger partial charge in [0.15, 0.2) is 0 Å². The van der Waals surface area contributed by atoms with E-state index >= 15 is 0 Å². The first-order chi connectivity index (χ1) is 15.2. The Morgan fingerprint density at radius 2 is 2.06 bits per heavy atom. The van der Waals surface area contributed by atoms with Gasteiger partial charge in [-0.3, -0.25) is 13.2 Å². The molecule has 1 saturated heterocycles. The Balaban J connectivity index is 1.76. The Hall–Kier alpha value is -1.74. The second-order valence-corrected chi connectivity index (χ2v) is 9.99. The number of methoxy groups -OCH3 is 1. The summed E-state index contributed by atoms with van der Waals surface area (Å²) in [7, 11) is 2.86. The van der Waals surface area contributed by atoms with Crippen molar-refractivity contribution in [3.63, 3.8) is 0 Å². The highest BCUT2D eigenvalue weighted by Gasteiger charge is 2.50. The minimum atomic E-state index is -1.76. The second-order valence-electron chi connectivity index (χ2n) is 9.06. The van der Waals surface area contributed by atoms with Crippen molar-refractivity contribution in [3.05, 3.63) is 48.3 Å². The van der Waals surface area contributed by atoms with Gasteiger partial charge in [0.1, 0.15) is 19.0 Å². The number of carbonyl (C=O) groups excluding carboxylic acids is 1. The van der Waals surface area contributed by atoms with Gasteiger partial charge < -0.3 is 14.8 Å². The second kappa shape index (κ2) is 10.5.